The maximum atomic E-state index is 13.9. The van der Waals surface area contributed by atoms with Crippen molar-refractivity contribution in [1.29, 1.82) is 0 Å². The van der Waals surface area contributed by atoms with Crippen molar-refractivity contribution in [1.82, 2.24) is 9.78 Å². The van der Waals surface area contributed by atoms with Gasteiger partial charge < -0.3 is 10.5 Å². The van der Waals surface area contributed by atoms with Gasteiger partial charge in [-0.25, -0.2) is 4.39 Å². The lowest BCUT2D eigenvalue weighted by Crippen LogP contribution is -2.16. The van der Waals surface area contributed by atoms with E-state index in [1.807, 2.05) is 17.8 Å². The minimum absolute atomic E-state index is 0.338. The Hall–Kier alpha value is -1.88. The van der Waals surface area contributed by atoms with Crippen LogP contribution < -0.4 is 10.5 Å². The molecule has 0 amide bonds. The van der Waals surface area contributed by atoms with Gasteiger partial charge in [0.15, 0.2) is 0 Å². The number of hydrogen-bond donors (Lipinski definition) is 1. The van der Waals surface area contributed by atoms with E-state index in [0.717, 1.165) is 12.1 Å². The van der Waals surface area contributed by atoms with Crippen LogP contribution in [-0.4, -0.2) is 16.9 Å². The first kappa shape index (κ1) is 13.5. The third-order valence-electron chi connectivity index (χ3n) is 3.07. The summed E-state index contributed by atoms with van der Waals surface area (Å²) in [6.45, 7) is 2.81. The van der Waals surface area contributed by atoms with Crippen molar-refractivity contribution in [2.45, 2.75) is 25.9 Å². The lowest BCUT2D eigenvalue weighted by molar-refractivity contribution is 0.399. The van der Waals surface area contributed by atoms with Gasteiger partial charge in [-0.05, 0) is 31.0 Å². The van der Waals surface area contributed by atoms with Crippen molar-refractivity contribution in [2.24, 2.45) is 5.73 Å². The number of benzene rings is 1. The van der Waals surface area contributed by atoms with Crippen LogP contribution in [0.15, 0.2) is 30.6 Å². The van der Waals surface area contributed by atoms with E-state index in [1.165, 1.54) is 13.2 Å². The van der Waals surface area contributed by atoms with Gasteiger partial charge in [-0.3, -0.25) is 4.68 Å². The maximum absolute atomic E-state index is 13.9. The summed E-state index contributed by atoms with van der Waals surface area (Å²) in [6.07, 6.45) is 4.21. The fraction of sp³-hybridized carbons (Fsp3) is 0.357. The Bertz CT molecular complexity index is 553. The van der Waals surface area contributed by atoms with Crippen molar-refractivity contribution < 1.29 is 9.13 Å². The van der Waals surface area contributed by atoms with Crippen LogP contribution in [0.1, 0.15) is 24.1 Å². The second-order valence-corrected chi connectivity index (χ2v) is 4.37. The van der Waals surface area contributed by atoms with Gasteiger partial charge in [0.2, 0.25) is 0 Å². The molecule has 0 aliphatic rings. The molecule has 1 aromatic carbocycles. The topological polar surface area (TPSA) is 53.1 Å². The first-order chi connectivity index (χ1) is 9.15. The molecule has 4 nitrogen and oxygen atoms in total. The first-order valence-corrected chi connectivity index (χ1v) is 6.25. The Balaban J connectivity index is 2.22. The van der Waals surface area contributed by atoms with Gasteiger partial charge in [-0.1, -0.05) is 6.07 Å². The third kappa shape index (κ3) is 2.93. The molecule has 2 rings (SSSR count). The summed E-state index contributed by atoms with van der Waals surface area (Å²) in [4.78, 5) is 0. The summed E-state index contributed by atoms with van der Waals surface area (Å²) in [5.41, 5.74) is 7.50. The lowest BCUT2D eigenvalue weighted by atomic mass is 10.00. The number of rotatable bonds is 5. The highest BCUT2D eigenvalue weighted by atomic mass is 19.1. The molecule has 0 saturated carbocycles. The summed E-state index contributed by atoms with van der Waals surface area (Å²) in [7, 11) is 1.51. The van der Waals surface area contributed by atoms with E-state index in [4.69, 9.17) is 10.5 Å². The molecule has 0 aliphatic heterocycles. The van der Waals surface area contributed by atoms with E-state index < -0.39 is 6.04 Å². The van der Waals surface area contributed by atoms with Crippen LogP contribution in [0.2, 0.25) is 0 Å². The molecule has 5 heteroatoms. The van der Waals surface area contributed by atoms with Crippen molar-refractivity contribution in [3.63, 3.8) is 0 Å². The van der Waals surface area contributed by atoms with Crippen molar-refractivity contribution >= 4 is 0 Å². The van der Waals surface area contributed by atoms with Crippen molar-refractivity contribution in [2.75, 3.05) is 7.11 Å². The zero-order valence-corrected chi connectivity index (χ0v) is 11.1. The highest BCUT2D eigenvalue weighted by Crippen LogP contribution is 2.28. The Labute approximate surface area is 112 Å². The number of nitrogens with zero attached hydrogens (tertiary/aromatic N) is 2. The number of ether oxygens (including phenoxy) is 1. The number of aryl methyl sites for hydroxylation is 1. The SMILES string of the molecule is CCn1cc(CC(N)c2c(F)cccc2OC)cn1. The van der Waals surface area contributed by atoms with Crippen LogP contribution >= 0.6 is 0 Å². The molecule has 0 aliphatic carbocycles. The predicted octanol–water partition coefficient (Wildman–Crippen LogP) is 2.29. The molecule has 2 N–H and O–H groups in total. The van der Waals surface area contributed by atoms with Gasteiger partial charge in [0, 0.05) is 24.3 Å². The summed E-state index contributed by atoms with van der Waals surface area (Å²) in [5.74, 6) is 0.144. The fourth-order valence-corrected chi connectivity index (χ4v) is 2.10. The third-order valence-corrected chi connectivity index (χ3v) is 3.07. The smallest absolute Gasteiger partial charge is 0.131 e. The van der Waals surface area contributed by atoms with Crippen LogP contribution in [0, 0.1) is 5.82 Å². The monoisotopic (exact) mass is 263 g/mol. The Kier molecular flexibility index (Phi) is 4.16. The lowest BCUT2D eigenvalue weighted by Gasteiger charge is -2.15. The molecular weight excluding hydrogens is 245 g/mol. The second kappa shape index (κ2) is 5.84. The Morgan fingerprint density at radius 3 is 2.89 bits per heavy atom. The molecule has 0 radical (unpaired) electrons. The standard InChI is InChI=1S/C14H18FN3O/c1-3-18-9-10(8-17-18)7-12(16)14-11(15)5-4-6-13(14)19-2/h4-6,8-9,12H,3,7,16H2,1-2H3. The number of hydrogen-bond acceptors (Lipinski definition) is 3. The Morgan fingerprint density at radius 1 is 1.47 bits per heavy atom. The average molecular weight is 263 g/mol. The van der Waals surface area contributed by atoms with E-state index in [-0.39, 0.29) is 5.82 Å². The van der Waals surface area contributed by atoms with E-state index in [2.05, 4.69) is 5.10 Å². The van der Waals surface area contributed by atoms with Crippen molar-refractivity contribution in [3.8, 4) is 5.75 Å². The molecule has 0 bridgehead atoms. The van der Waals surface area contributed by atoms with Gasteiger partial charge in [-0.2, -0.15) is 5.10 Å². The minimum Gasteiger partial charge on any atom is -0.496 e. The molecule has 1 heterocycles. The van der Waals surface area contributed by atoms with Gasteiger partial charge in [-0.15, -0.1) is 0 Å². The zero-order chi connectivity index (χ0) is 13.8. The van der Waals surface area contributed by atoms with Crippen LogP contribution in [0.3, 0.4) is 0 Å². The highest BCUT2D eigenvalue weighted by Gasteiger charge is 2.17. The summed E-state index contributed by atoms with van der Waals surface area (Å²) < 4.78 is 20.9. The van der Waals surface area contributed by atoms with E-state index in [0.29, 0.717) is 17.7 Å². The Morgan fingerprint density at radius 2 is 2.26 bits per heavy atom. The van der Waals surface area contributed by atoms with Crippen LogP contribution in [0.5, 0.6) is 5.75 Å². The molecule has 2 aromatic rings. The number of halogens is 1. The number of nitrogens with two attached hydrogens (primary N) is 1. The zero-order valence-electron chi connectivity index (χ0n) is 11.1. The average Bonchev–Trinajstić information content (AvgIpc) is 2.85. The highest BCUT2D eigenvalue weighted by molar-refractivity contribution is 5.37. The van der Waals surface area contributed by atoms with Crippen LogP contribution in [0.4, 0.5) is 4.39 Å². The molecule has 0 fully saturated rings. The molecule has 1 unspecified atom stereocenters. The maximum Gasteiger partial charge on any atom is 0.131 e. The normalized spacial score (nSPS) is 12.4. The predicted molar refractivity (Wildman–Crippen MR) is 71.5 cm³/mol. The summed E-state index contributed by atoms with van der Waals surface area (Å²) in [5, 5.41) is 4.18. The van der Waals surface area contributed by atoms with E-state index in [1.54, 1.807) is 18.3 Å². The van der Waals surface area contributed by atoms with Gasteiger partial charge in [0.1, 0.15) is 11.6 Å². The minimum atomic E-state index is -0.453. The molecule has 1 aromatic heterocycles. The first-order valence-electron chi connectivity index (χ1n) is 6.25. The molecular formula is C14H18FN3O. The molecule has 19 heavy (non-hydrogen) atoms. The molecule has 0 saturated heterocycles. The molecule has 102 valence electrons. The fourth-order valence-electron chi connectivity index (χ4n) is 2.10. The number of methoxy groups -OCH3 is 1. The second-order valence-electron chi connectivity index (χ2n) is 4.37. The van der Waals surface area contributed by atoms with Crippen LogP contribution in [0.25, 0.3) is 0 Å². The van der Waals surface area contributed by atoms with Gasteiger partial charge in [0.05, 0.1) is 13.3 Å². The summed E-state index contributed by atoms with van der Waals surface area (Å²) >= 11 is 0. The van der Waals surface area contributed by atoms with Gasteiger partial charge in [0.25, 0.3) is 0 Å². The van der Waals surface area contributed by atoms with Crippen LogP contribution in [-0.2, 0) is 13.0 Å². The molecule has 1 atom stereocenters. The largest absolute Gasteiger partial charge is 0.496 e. The van der Waals surface area contributed by atoms with E-state index >= 15 is 0 Å². The number of aromatic nitrogens is 2. The van der Waals surface area contributed by atoms with E-state index in [9.17, 15) is 4.39 Å². The van der Waals surface area contributed by atoms with Gasteiger partial charge >= 0.3 is 0 Å². The quantitative estimate of drug-likeness (QED) is 0.900. The van der Waals surface area contributed by atoms with Crippen molar-refractivity contribution in [3.05, 3.63) is 47.5 Å². The molecule has 0 spiro atoms. The summed E-state index contributed by atoms with van der Waals surface area (Å²) in [6, 6.07) is 4.27.